The van der Waals surface area contributed by atoms with Gasteiger partial charge in [0.2, 0.25) is 0 Å². The van der Waals surface area contributed by atoms with Crippen LogP contribution >= 0.6 is 11.8 Å². The molecule has 1 aromatic rings. The molecule has 1 aromatic carbocycles. The third-order valence-corrected chi connectivity index (χ3v) is 5.72. The number of nitrogens with one attached hydrogen (secondary N) is 1. The molecule has 29 heavy (non-hydrogen) atoms. The SMILES string of the molecule is CC(=O)OCC1=C(C(=O)O)N2C(=O)[C@@H](NC(=O)/C(=N/N)c3ccccc3)[C@H]2SC1. The van der Waals surface area contributed by atoms with Crippen LogP contribution in [0.1, 0.15) is 12.5 Å². The van der Waals surface area contributed by atoms with E-state index in [9.17, 15) is 24.3 Å². The predicted octanol–water partition coefficient (Wildman–Crippen LogP) is -0.349. The van der Waals surface area contributed by atoms with Gasteiger partial charge in [0, 0.05) is 23.8 Å². The van der Waals surface area contributed by atoms with Gasteiger partial charge in [-0.3, -0.25) is 19.3 Å². The normalized spacial score (nSPS) is 21.2. The second-order valence-corrected chi connectivity index (χ2v) is 7.35. The van der Waals surface area contributed by atoms with Gasteiger partial charge in [0.05, 0.1) is 0 Å². The zero-order valence-corrected chi connectivity index (χ0v) is 16.1. The summed E-state index contributed by atoms with van der Waals surface area (Å²) in [5.74, 6) is 2.53. The van der Waals surface area contributed by atoms with Crippen LogP contribution in [-0.2, 0) is 23.9 Å². The molecule has 11 heteroatoms. The topological polar surface area (TPSA) is 151 Å². The molecule has 0 bridgehead atoms. The fourth-order valence-corrected chi connectivity index (χ4v) is 4.38. The first-order valence-electron chi connectivity index (χ1n) is 8.52. The Bertz CT molecular complexity index is 930. The van der Waals surface area contributed by atoms with E-state index in [1.54, 1.807) is 30.3 Å². The molecule has 2 aliphatic rings. The summed E-state index contributed by atoms with van der Waals surface area (Å²) in [6.45, 7) is 0.999. The number of hydrogen-bond acceptors (Lipinski definition) is 8. The third-order valence-electron chi connectivity index (χ3n) is 4.38. The first-order chi connectivity index (χ1) is 13.8. The van der Waals surface area contributed by atoms with Crippen LogP contribution in [0.25, 0.3) is 0 Å². The maximum absolute atomic E-state index is 12.6. The van der Waals surface area contributed by atoms with Gasteiger partial charge in [-0.25, -0.2) is 4.79 Å². The minimum absolute atomic E-state index is 0.0396. The molecule has 10 nitrogen and oxygen atoms in total. The van der Waals surface area contributed by atoms with Crippen molar-refractivity contribution in [1.82, 2.24) is 10.2 Å². The molecular weight excluding hydrogens is 400 g/mol. The van der Waals surface area contributed by atoms with Crippen LogP contribution in [-0.4, -0.2) is 63.2 Å². The first-order valence-corrected chi connectivity index (χ1v) is 9.57. The zero-order chi connectivity index (χ0) is 21.1. The summed E-state index contributed by atoms with van der Waals surface area (Å²) in [6, 6.07) is 7.60. The van der Waals surface area contributed by atoms with Crippen LogP contribution in [0.4, 0.5) is 0 Å². The molecule has 2 aliphatic heterocycles. The molecule has 1 saturated heterocycles. The van der Waals surface area contributed by atoms with Crippen LogP contribution in [0.2, 0.25) is 0 Å². The summed E-state index contributed by atoms with van der Waals surface area (Å²) in [5, 5.41) is 15.0. The number of nitrogens with zero attached hydrogens (tertiary/aromatic N) is 2. The van der Waals surface area contributed by atoms with E-state index in [4.69, 9.17) is 10.6 Å². The summed E-state index contributed by atoms with van der Waals surface area (Å²) < 4.78 is 4.88. The molecule has 2 atom stereocenters. The number of thioether (sulfide) groups is 1. The Kier molecular flexibility index (Phi) is 5.87. The average Bonchev–Trinajstić information content (AvgIpc) is 2.70. The molecule has 0 unspecified atom stereocenters. The molecular formula is C18H18N4O6S. The maximum Gasteiger partial charge on any atom is 0.352 e. The standard InChI is InChI=1S/C18H18N4O6S/c1-9(23)28-7-11-8-29-17-13(16(25)22(17)14(11)18(26)27)20-15(24)12(21-19)10-5-3-2-4-6-10/h2-6,13,17H,7-8,19H2,1H3,(H,20,24)(H,26,27)/b21-12+/t13-,17-/m1/s1. The predicted molar refractivity (Wildman–Crippen MR) is 103 cm³/mol. The van der Waals surface area contributed by atoms with E-state index < -0.39 is 35.2 Å². The molecule has 4 N–H and O–H groups in total. The van der Waals surface area contributed by atoms with Crippen molar-refractivity contribution < 1.29 is 29.0 Å². The van der Waals surface area contributed by atoms with E-state index in [1.807, 2.05) is 0 Å². The van der Waals surface area contributed by atoms with Gasteiger partial charge in [-0.15, -0.1) is 11.8 Å². The third kappa shape index (κ3) is 3.94. The second kappa shape index (κ2) is 8.35. The fraction of sp³-hybridized carbons (Fsp3) is 0.278. The van der Waals surface area contributed by atoms with Gasteiger partial charge in [0.1, 0.15) is 23.7 Å². The Morgan fingerprint density at radius 1 is 1.34 bits per heavy atom. The highest BCUT2D eigenvalue weighted by atomic mass is 32.2. The van der Waals surface area contributed by atoms with Crippen molar-refractivity contribution in [3.63, 3.8) is 0 Å². The number of carbonyl (C=O) groups is 4. The van der Waals surface area contributed by atoms with E-state index in [0.717, 1.165) is 4.90 Å². The average molecular weight is 418 g/mol. The van der Waals surface area contributed by atoms with Gasteiger partial charge in [-0.2, -0.15) is 5.10 Å². The Labute approximate surface area is 169 Å². The summed E-state index contributed by atoms with van der Waals surface area (Å²) in [7, 11) is 0. The Morgan fingerprint density at radius 2 is 2.03 bits per heavy atom. The number of hydrazone groups is 1. The summed E-state index contributed by atoms with van der Waals surface area (Å²) >= 11 is 1.27. The molecule has 152 valence electrons. The van der Waals surface area contributed by atoms with Crippen molar-refractivity contribution in [1.29, 1.82) is 0 Å². The van der Waals surface area contributed by atoms with Crippen LogP contribution in [0.5, 0.6) is 0 Å². The smallest absolute Gasteiger partial charge is 0.352 e. The maximum atomic E-state index is 12.6. The van der Waals surface area contributed by atoms with Gasteiger partial charge in [-0.05, 0) is 0 Å². The number of carboxylic acids is 1. The summed E-state index contributed by atoms with van der Waals surface area (Å²) in [6.07, 6.45) is 0. The lowest BCUT2D eigenvalue weighted by molar-refractivity contribution is -0.150. The lowest BCUT2D eigenvalue weighted by Crippen LogP contribution is -2.71. The first kappa shape index (κ1) is 20.4. The number of nitrogens with two attached hydrogens (primary N) is 1. The number of aliphatic carboxylic acids is 1. The molecule has 0 spiro atoms. The number of ether oxygens (including phenoxy) is 1. The van der Waals surface area contributed by atoms with Crippen molar-refractivity contribution in [2.24, 2.45) is 10.9 Å². The number of rotatable bonds is 6. The number of esters is 1. The molecule has 0 aromatic heterocycles. The van der Waals surface area contributed by atoms with Gasteiger partial charge in [-0.1, -0.05) is 30.3 Å². The van der Waals surface area contributed by atoms with Crippen molar-refractivity contribution in [3.8, 4) is 0 Å². The van der Waals surface area contributed by atoms with E-state index in [0.29, 0.717) is 11.1 Å². The number of fused-ring (bicyclic) bond motifs is 1. The quantitative estimate of drug-likeness (QED) is 0.186. The van der Waals surface area contributed by atoms with Crippen LogP contribution in [0.3, 0.4) is 0 Å². The van der Waals surface area contributed by atoms with Gasteiger partial charge >= 0.3 is 11.9 Å². The van der Waals surface area contributed by atoms with Gasteiger partial charge in [0.15, 0.2) is 5.71 Å². The minimum atomic E-state index is -1.30. The van der Waals surface area contributed by atoms with Crippen LogP contribution < -0.4 is 11.2 Å². The molecule has 0 radical (unpaired) electrons. The number of β-lactam (4-membered cyclic amide) rings is 1. The Balaban J connectivity index is 1.76. The summed E-state index contributed by atoms with van der Waals surface area (Å²) in [4.78, 5) is 49.0. The number of amides is 2. The van der Waals surface area contributed by atoms with Gasteiger partial charge in [0.25, 0.3) is 11.8 Å². The summed E-state index contributed by atoms with van der Waals surface area (Å²) in [5.41, 5.74) is 0.547. The molecule has 0 aliphatic carbocycles. The number of carbonyl (C=O) groups excluding carboxylic acids is 3. The van der Waals surface area contributed by atoms with E-state index in [2.05, 4.69) is 10.4 Å². The highest BCUT2D eigenvalue weighted by molar-refractivity contribution is 8.00. The monoisotopic (exact) mass is 418 g/mol. The Hall–Kier alpha value is -3.34. The van der Waals surface area contributed by atoms with Gasteiger partial charge < -0.3 is 21.0 Å². The molecule has 2 amide bonds. The zero-order valence-electron chi connectivity index (χ0n) is 15.3. The van der Waals surface area contributed by atoms with Crippen molar-refractivity contribution >= 4 is 41.2 Å². The van der Waals surface area contributed by atoms with Crippen LogP contribution in [0.15, 0.2) is 46.7 Å². The lowest BCUT2D eigenvalue weighted by Gasteiger charge is -2.49. The van der Waals surface area contributed by atoms with Crippen LogP contribution in [0, 0.1) is 0 Å². The van der Waals surface area contributed by atoms with Crippen molar-refractivity contribution in [3.05, 3.63) is 47.2 Å². The highest BCUT2D eigenvalue weighted by Gasteiger charge is 2.54. The second-order valence-electron chi connectivity index (χ2n) is 6.24. The van der Waals surface area contributed by atoms with Crippen molar-refractivity contribution in [2.45, 2.75) is 18.3 Å². The van der Waals surface area contributed by atoms with Crippen molar-refractivity contribution in [2.75, 3.05) is 12.4 Å². The largest absolute Gasteiger partial charge is 0.477 e. The molecule has 1 fully saturated rings. The molecule has 2 heterocycles. The number of carboxylic acid groups (broad SMARTS) is 1. The Morgan fingerprint density at radius 3 is 2.62 bits per heavy atom. The molecule has 0 saturated carbocycles. The molecule has 3 rings (SSSR count). The lowest BCUT2D eigenvalue weighted by atomic mass is 10.0. The minimum Gasteiger partial charge on any atom is -0.477 e. The number of benzene rings is 1. The highest BCUT2D eigenvalue weighted by Crippen LogP contribution is 2.40. The van der Waals surface area contributed by atoms with E-state index >= 15 is 0 Å². The fourth-order valence-electron chi connectivity index (χ4n) is 3.05. The van der Waals surface area contributed by atoms with E-state index in [-0.39, 0.29) is 23.8 Å². The van der Waals surface area contributed by atoms with E-state index in [1.165, 1.54) is 18.7 Å². The number of hydrogen-bond donors (Lipinski definition) is 3.